The number of rotatable bonds is 8. The van der Waals surface area contributed by atoms with Crippen molar-refractivity contribution in [3.63, 3.8) is 0 Å². The number of para-hydroxylation sites is 1. The lowest BCUT2D eigenvalue weighted by atomic mass is 10.2. The Bertz CT molecular complexity index is 766. The van der Waals surface area contributed by atoms with Crippen molar-refractivity contribution in [2.45, 2.75) is 19.9 Å². The van der Waals surface area contributed by atoms with Gasteiger partial charge in [0.25, 0.3) is 0 Å². The molecule has 1 unspecified atom stereocenters. The highest BCUT2D eigenvalue weighted by atomic mass is 127. The second-order valence-electron chi connectivity index (χ2n) is 6.96. The van der Waals surface area contributed by atoms with Gasteiger partial charge in [-0.15, -0.1) is 24.0 Å². The largest absolute Gasteiger partial charge is 0.379 e. The van der Waals surface area contributed by atoms with E-state index in [1.54, 1.807) is 0 Å². The number of benzene rings is 1. The van der Waals surface area contributed by atoms with Crippen LogP contribution in [0.15, 0.2) is 41.4 Å². The summed E-state index contributed by atoms with van der Waals surface area (Å²) in [6.45, 7) is 11.1. The first-order valence-corrected chi connectivity index (χ1v) is 10.2. The lowest BCUT2D eigenvalue weighted by molar-refractivity contribution is 0.0220. The summed E-state index contributed by atoms with van der Waals surface area (Å²) in [5.74, 6) is 1.75. The maximum Gasteiger partial charge on any atom is 0.191 e. The zero-order valence-corrected chi connectivity index (χ0v) is 19.7. The number of anilines is 1. The Labute approximate surface area is 190 Å². The van der Waals surface area contributed by atoms with Crippen molar-refractivity contribution in [3.05, 3.63) is 36.4 Å². The fourth-order valence-corrected chi connectivity index (χ4v) is 3.23. The molecule has 160 valence electrons. The molecule has 8 heteroatoms. The van der Waals surface area contributed by atoms with E-state index in [1.165, 1.54) is 0 Å². The average Bonchev–Trinajstić information content (AvgIpc) is 2.75. The number of nitrogens with zero attached hydrogens (tertiary/aromatic N) is 3. The second-order valence-corrected chi connectivity index (χ2v) is 6.96. The van der Waals surface area contributed by atoms with Crippen LogP contribution in [0.3, 0.4) is 0 Å². The first-order valence-electron chi connectivity index (χ1n) is 10.2. The maximum absolute atomic E-state index is 5.43. The highest BCUT2D eigenvalue weighted by Gasteiger charge is 2.16. The summed E-state index contributed by atoms with van der Waals surface area (Å²) in [4.78, 5) is 11.8. The third-order valence-electron chi connectivity index (χ3n) is 4.85. The highest BCUT2D eigenvalue weighted by Crippen LogP contribution is 2.14. The first kappa shape index (κ1) is 23.6. The number of hydrogen-bond donors (Lipinski definition) is 3. The van der Waals surface area contributed by atoms with Gasteiger partial charge in [0.15, 0.2) is 5.96 Å². The highest BCUT2D eigenvalue weighted by molar-refractivity contribution is 14.0. The summed E-state index contributed by atoms with van der Waals surface area (Å²) >= 11 is 0. The van der Waals surface area contributed by atoms with Crippen LogP contribution in [0.2, 0.25) is 0 Å². The molecular formula is C21H33IN6O. The summed E-state index contributed by atoms with van der Waals surface area (Å²) in [6, 6.07) is 12.7. The lowest BCUT2D eigenvalue weighted by Gasteiger charge is -2.31. The van der Waals surface area contributed by atoms with Gasteiger partial charge in [0.2, 0.25) is 0 Å². The number of morpholine rings is 1. The molecule has 3 N–H and O–H groups in total. The van der Waals surface area contributed by atoms with E-state index < -0.39 is 0 Å². The van der Waals surface area contributed by atoms with Gasteiger partial charge in [-0.1, -0.05) is 18.2 Å². The van der Waals surface area contributed by atoms with E-state index in [-0.39, 0.29) is 24.0 Å². The average molecular weight is 512 g/mol. The van der Waals surface area contributed by atoms with E-state index in [2.05, 4.69) is 51.8 Å². The van der Waals surface area contributed by atoms with Crippen LogP contribution in [0.1, 0.15) is 13.8 Å². The molecule has 2 aromatic rings. The number of fused-ring (bicyclic) bond motifs is 1. The Hall–Kier alpha value is -1.65. The van der Waals surface area contributed by atoms with Gasteiger partial charge < -0.3 is 20.7 Å². The summed E-state index contributed by atoms with van der Waals surface area (Å²) < 4.78 is 5.43. The molecule has 7 nitrogen and oxygen atoms in total. The fourth-order valence-electron chi connectivity index (χ4n) is 3.23. The maximum atomic E-state index is 5.43. The summed E-state index contributed by atoms with van der Waals surface area (Å²) in [5.41, 5.74) is 1.01. The summed E-state index contributed by atoms with van der Waals surface area (Å²) in [7, 11) is 0. The van der Waals surface area contributed by atoms with E-state index in [1.807, 2.05) is 24.3 Å². The molecule has 1 aromatic carbocycles. The molecule has 3 rings (SSSR count). The monoisotopic (exact) mass is 512 g/mol. The quantitative estimate of drug-likeness (QED) is 0.219. The van der Waals surface area contributed by atoms with E-state index in [4.69, 9.17) is 9.73 Å². The van der Waals surface area contributed by atoms with Crippen LogP contribution in [0.4, 0.5) is 5.82 Å². The minimum absolute atomic E-state index is 0. The smallest absolute Gasteiger partial charge is 0.191 e. The molecule has 2 heterocycles. The third kappa shape index (κ3) is 7.60. The second kappa shape index (κ2) is 12.8. The van der Waals surface area contributed by atoms with Crippen LogP contribution in [0, 0.1) is 0 Å². The van der Waals surface area contributed by atoms with E-state index in [0.717, 1.165) is 75.2 Å². The van der Waals surface area contributed by atoms with Crippen LogP contribution in [0.5, 0.6) is 0 Å². The minimum atomic E-state index is 0. The number of nitrogens with one attached hydrogen (secondary N) is 3. The Morgan fingerprint density at radius 1 is 1.14 bits per heavy atom. The van der Waals surface area contributed by atoms with Crippen LogP contribution < -0.4 is 16.0 Å². The molecule has 0 spiro atoms. The SMILES string of the molecule is CCNC(=NCC(C)N1CCOCC1)NCCNc1ccc2ccccc2n1.I. The van der Waals surface area contributed by atoms with Gasteiger partial charge in [0, 0.05) is 44.2 Å². The van der Waals surface area contributed by atoms with Crippen molar-refractivity contribution in [1.82, 2.24) is 20.5 Å². The predicted molar refractivity (Wildman–Crippen MR) is 131 cm³/mol. The molecule has 1 saturated heterocycles. The first-order chi connectivity index (χ1) is 13.8. The van der Waals surface area contributed by atoms with Gasteiger partial charge in [-0.05, 0) is 32.0 Å². The van der Waals surface area contributed by atoms with Crippen molar-refractivity contribution in [2.75, 3.05) is 57.8 Å². The number of hydrogen-bond acceptors (Lipinski definition) is 5. The minimum Gasteiger partial charge on any atom is -0.379 e. The molecule has 1 aromatic heterocycles. The van der Waals surface area contributed by atoms with Crippen LogP contribution in [0.25, 0.3) is 10.9 Å². The van der Waals surface area contributed by atoms with Gasteiger partial charge in [-0.3, -0.25) is 9.89 Å². The van der Waals surface area contributed by atoms with E-state index in [9.17, 15) is 0 Å². The summed E-state index contributed by atoms with van der Waals surface area (Å²) in [5, 5.41) is 11.2. The summed E-state index contributed by atoms with van der Waals surface area (Å²) in [6.07, 6.45) is 0. The van der Waals surface area contributed by atoms with E-state index >= 15 is 0 Å². The molecule has 29 heavy (non-hydrogen) atoms. The number of guanidine groups is 1. The molecule has 1 fully saturated rings. The van der Waals surface area contributed by atoms with Gasteiger partial charge in [0.1, 0.15) is 5.82 Å². The molecule has 0 bridgehead atoms. The van der Waals surface area contributed by atoms with Crippen molar-refractivity contribution < 1.29 is 4.74 Å². The van der Waals surface area contributed by atoms with Crippen molar-refractivity contribution in [3.8, 4) is 0 Å². The number of pyridine rings is 1. The molecule has 0 saturated carbocycles. The Kier molecular flexibility index (Phi) is 10.4. The van der Waals surface area contributed by atoms with Gasteiger partial charge in [-0.2, -0.15) is 0 Å². The van der Waals surface area contributed by atoms with Crippen molar-refractivity contribution in [2.24, 2.45) is 4.99 Å². The van der Waals surface area contributed by atoms with Crippen molar-refractivity contribution in [1.29, 1.82) is 0 Å². The Morgan fingerprint density at radius 2 is 1.93 bits per heavy atom. The van der Waals surface area contributed by atoms with Crippen molar-refractivity contribution >= 4 is 46.7 Å². The molecule has 0 aliphatic carbocycles. The molecular weight excluding hydrogens is 479 g/mol. The van der Waals surface area contributed by atoms with Crippen LogP contribution in [-0.2, 0) is 4.74 Å². The number of aliphatic imine (C=N–C) groups is 1. The van der Waals surface area contributed by atoms with Gasteiger partial charge in [-0.25, -0.2) is 4.98 Å². The van der Waals surface area contributed by atoms with Crippen LogP contribution in [-0.4, -0.2) is 74.4 Å². The topological polar surface area (TPSA) is 73.8 Å². The molecule has 1 atom stereocenters. The van der Waals surface area contributed by atoms with Gasteiger partial charge >= 0.3 is 0 Å². The fraction of sp³-hybridized carbons (Fsp3) is 0.524. The Balaban J connectivity index is 0.00000300. The molecule has 1 aliphatic rings. The lowest BCUT2D eigenvalue weighted by Crippen LogP contribution is -2.45. The molecule has 1 aliphatic heterocycles. The number of ether oxygens (including phenoxy) is 1. The third-order valence-corrected chi connectivity index (χ3v) is 4.85. The number of halogens is 1. The van der Waals surface area contributed by atoms with Crippen LogP contribution >= 0.6 is 24.0 Å². The zero-order chi connectivity index (χ0) is 19.6. The number of aromatic nitrogens is 1. The van der Waals surface area contributed by atoms with Gasteiger partial charge in [0.05, 0.1) is 25.3 Å². The zero-order valence-electron chi connectivity index (χ0n) is 17.4. The molecule has 0 amide bonds. The normalized spacial score (nSPS) is 16.1. The molecule has 0 radical (unpaired) electrons. The van der Waals surface area contributed by atoms with E-state index in [0.29, 0.717) is 6.04 Å². The standard InChI is InChI=1S/C21H32N6O.HI/c1-3-22-21(25-16-17(2)27-12-14-28-15-13-27)24-11-10-23-20-9-8-18-6-4-5-7-19(18)26-20;/h4-9,17H,3,10-16H2,1-2H3,(H,23,26)(H2,22,24,25);1H. The predicted octanol–water partition coefficient (Wildman–Crippen LogP) is 2.54. The Morgan fingerprint density at radius 3 is 2.72 bits per heavy atom.